The monoisotopic (exact) mass is 191 g/mol. The number of hydrogen-bond acceptors (Lipinski definition) is 1. The molecule has 0 bridgehead atoms. The van der Waals surface area contributed by atoms with Gasteiger partial charge in [-0.2, -0.15) is 13.2 Å². The molecule has 0 unspecified atom stereocenters. The van der Waals surface area contributed by atoms with Crippen molar-refractivity contribution in [3.63, 3.8) is 0 Å². The maximum atomic E-state index is 11.9. The quantitative estimate of drug-likeness (QED) is 0.659. The molecule has 0 aliphatic heterocycles. The van der Waals surface area contributed by atoms with Crippen molar-refractivity contribution in [1.29, 1.82) is 0 Å². The molecule has 0 saturated heterocycles. The van der Waals surface area contributed by atoms with E-state index in [0.717, 1.165) is 10.6 Å². The fourth-order valence-corrected chi connectivity index (χ4v) is 0.987. The Kier molecular flexibility index (Phi) is 2.45. The summed E-state index contributed by atoms with van der Waals surface area (Å²) >= 11 is 0. The Morgan fingerprint density at radius 2 is 2.00 bits per heavy atom. The largest absolute Gasteiger partial charge is 0.393 e. The summed E-state index contributed by atoms with van der Waals surface area (Å²) in [6.07, 6.45) is -4.03. The van der Waals surface area contributed by atoms with Gasteiger partial charge < -0.3 is 4.57 Å². The molecule has 0 N–H and O–H groups in total. The standard InChI is InChI=1S/C8H8F3NO/c1-12-5-6(2-3-7(12)13)4-8(9,10)11/h2-3,5H,4H2,1H3. The number of halogens is 3. The number of hydrogen-bond donors (Lipinski definition) is 0. The van der Waals surface area contributed by atoms with Gasteiger partial charge in [0.25, 0.3) is 0 Å². The van der Waals surface area contributed by atoms with Crippen LogP contribution in [0.4, 0.5) is 13.2 Å². The summed E-state index contributed by atoms with van der Waals surface area (Å²) < 4.78 is 36.8. The molecule has 1 rings (SSSR count). The first kappa shape index (κ1) is 9.83. The van der Waals surface area contributed by atoms with E-state index in [2.05, 4.69) is 0 Å². The maximum absolute atomic E-state index is 11.9. The smallest absolute Gasteiger partial charge is 0.318 e. The van der Waals surface area contributed by atoms with Crippen molar-refractivity contribution in [2.24, 2.45) is 7.05 Å². The molecule has 13 heavy (non-hydrogen) atoms. The number of aromatic nitrogens is 1. The number of rotatable bonds is 1. The zero-order valence-electron chi connectivity index (χ0n) is 6.93. The van der Waals surface area contributed by atoms with Gasteiger partial charge >= 0.3 is 6.18 Å². The van der Waals surface area contributed by atoms with Crippen LogP contribution in [-0.4, -0.2) is 10.7 Å². The lowest BCUT2D eigenvalue weighted by atomic mass is 10.2. The first-order valence-corrected chi connectivity index (χ1v) is 3.61. The lowest BCUT2D eigenvalue weighted by molar-refractivity contribution is -0.127. The molecule has 0 aromatic carbocycles. The molecule has 1 heterocycles. The van der Waals surface area contributed by atoms with E-state index < -0.39 is 12.6 Å². The minimum atomic E-state index is -4.22. The van der Waals surface area contributed by atoms with E-state index in [9.17, 15) is 18.0 Å². The van der Waals surface area contributed by atoms with E-state index in [1.54, 1.807) is 0 Å². The lowest BCUT2D eigenvalue weighted by Gasteiger charge is -2.06. The van der Waals surface area contributed by atoms with Gasteiger partial charge in [-0.15, -0.1) is 0 Å². The summed E-state index contributed by atoms with van der Waals surface area (Å²) in [5.74, 6) is 0. The predicted octanol–water partition coefficient (Wildman–Crippen LogP) is 1.49. The highest BCUT2D eigenvalue weighted by molar-refractivity contribution is 5.10. The fourth-order valence-electron chi connectivity index (χ4n) is 0.987. The van der Waals surface area contributed by atoms with Gasteiger partial charge in [0.1, 0.15) is 0 Å². The molecular formula is C8H8F3NO. The molecule has 0 fully saturated rings. The third kappa shape index (κ3) is 2.93. The van der Waals surface area contributed by atoms with Gasteiger partial charge in [0.05, 0.1) is 6.42 Å². The maximum Gasteiger partial charge on any atom is 0.393 e. The second-order valence-corrected chi connectivity index (χ2v) is 2.78. The number of nitrogens with zero attached hydrogens (tertiary/aromatic N) is 1. The zero-order chi connectivity index (χ0) is 10.1. The van der Waals surface area contributed by atoms with Crippen LogP contribution in [-0.2, 0) is 13.5 Å². The van der Waals surface area contributed by atoms with Gasteiger partial charge in [-0.25, -0.2) is 0 Å². The minimum absolute atomic E-state index is 0.0922. The molecule has 0 saturated carbocycles. The van der Waals surface area contributed by atoms with E-state index >= 15 is 0 Å². The second-order valence-electron chi connectivity index (χ2n) is 2.78. The molecule has 0 aliphatic rings. The Hall–Kier alpha value is -1.26. The molecule has 0 spiro atoms. The minimum Gasteiger partial charge on any atom is -0.318 e. The molecule has 2 nitrogen and oxygen atoms in total. The molecule has 0 radical (unpaired) electrons. The van der Waals surface area contributed by atoms with Crippen molar-refractivity contribution < 1.29 is 13.2 Å². The van der Waals surface area contributed by atoms with Crippen molar-refractivity contribution in [2.75, 3.05) is 0 Å². The lowest BCUT2D eigenvalue weighted by Crippen LogP contribution is -2.18. The number of aryl methyl sites for hydroxylation is 1. The van der Waals surface area contributed by atoms with Crippen molar-refractivity contribution in [3.8, 4) is 0 Å². The average Bonchev–Trinajstić information content (AvgIpc) is 1.94. The van der Waals surface area contributed by atoms with Gasteiger partial charge in [-0.3, -0.25) is 4.79 Å². The van der Waals surface area contributed by atoms with Gasteiger partial charge in [0.15, 0.2) is 0 Å². The van der Waals surface area contributed by atoms with Crippen LogP contribution in [0, 0.1) is 0 Å². The molecule has 1 aromatic rings. The molecule has 0 aliphatic carbocycles. The fraction of sp³-hybridized carbons (Fsp3) is 0.375. The Morgan fingerprint density at radius 3 is 2.46 bits per heavy atom. The van der Waals surface area contributed by atoms with E-state index in [-0.39, 0.29) is 11.1 Å². The summed E-state index contributed by atoms with van der Waals surface area (Å²) in [5, 5.41) is 0. The van der Waals surface area contributed by atoms with Crippen molar-refractivity contribution in [1.82, 2.24) is 4.57 Å². The second kappa shape index (κ2) is 3.24. The van der Waals surface area contributed by atoms with Crippen LogP contribution in [0.3, 0.4) is 0 Å². The Balaban J connectivity index is 2.92. The highest BCUT2D eigenvalue weighted by Crippen LogP contribution is 2.20. The summed E-state index contributed by atoms with van der Waals surface area (Å²) in [6, 6.07) is 2.32. The summed E-state index contributed by atoms with van der Waals surface area (Å²) in [5.41, 5.74) is -0.222. The van der Waals surface area contributed by atoms with Crippen LogP contribution in [0.1, 0.15) is 5.56 Å². The number of alkyl halides is 3. The van der Waals surface area contributed by atoms with Crippen LogP contribution in [0.5, 0.6) is 0 Å². The SMILES string of the molecule is Cn1cc(CC(F)(F)F)ccc1=O. The molecule has 0 atom stereocenters. The van der Waals surface area contributed by atoms with Crippen LogP contribution in [0.25, 0.3) is 0 Å². The molecular weight excluding hydrogens is 183 g/mol. The Labute approximate surface area is 72.6 Å². The average molecular weight is 191 g/mol. The summed E-state index contributed by atoms with van der Waals surface area (Å²) in [4.78, 5) is 10.8. The zero-order valence-corrected chi connectivity index (χ0v) is 6.93. The van der Waals surface area contributed by atoms with E-state index in [1.165, 1.54) is 19.3 Å². The molecule has 72 valence electrons. The van der Waals surface area contributed by atoms with Gasteiger partial charge in [-0.05, 0) is 5.56 Å². The predicted molar refractivity (Wildman–Crippen MR) is 41.4 cm³/mol. The highest BCUT2D eigenvalue weighted by Gasteiger charge is 2.27. The van der Waals surface area contributed by atoms with Crippen molar-refractivity contribution >= 4 is 0 Å². The molecule has 1 aromatic heterocycles. The van der Waals surface area contributed by atoms with Crippen LogP contribution in [0.15, 0.2) is 23.1 Å². The molecule has 0 amide bonds. The third-order valence-electron chi connectivity index (χ3n) is 1.55. The third-order valence-corrected chi connectivity index (χ3v) is 1.55. The van der Waals surface area contributed by atoms with Crippen LogP contribution < -0.4 is 5.56 Å². The van der Waals surface area contributed by atoms with Gasteiger partial charge in [-0.1, -0.05) is 6.07 Å². The van der Waals surface area contributed by atoms with Gasteiger partial charge in [0, 0.05) is 19.3 Å². The Bertz CT molecular complexity index is 353. The summed E-state index contributed by atoms with van der Waals surface area (Å²) in [7, 11) is 1.42. The summed E-state index contributed by atoms with van der Waals surface area (Å²) in [6.45, 7) is 0. The van der Waals surface area contributed by atoms with Crippen LogP contribution >= 0.6 is 0 Å². The van der Waals surface area contributed by atoms with E-state index in [0.29, 0.717) is 0 Å². The molecule has 5 heteroatoms. The topological polar surface area (TPSA) is 22.0 Å². The van der Waals surface area contributed by atoms with Crippen molar-refractivity contribution in [2.45, 2.75) is 12.6 Å². The van der Waals surface area contributed by atoms with Crippen molar-refractivity contribution in [3.05, 3.63) is 34.2 Å². The van der Waals surface area contributed by atoms with Gasteiger partial charge in [0.2, 0.25) is 5.56 Å². The first-order valence-electron chi connectivity index (χ1n) is 3.61. The van der Waals surface area contributed by atoms with E-state index in [1.807, 2.05) is 0 Å². The first-order chi connectivity index (χ1) is 5.88. The van der Waals surface area contributed by atoms with E-state index in [4.69, 9.17) is 0 Å². The normalized spacial score (nSPS) is 11.7. The number of pyridine rings is 1. The Morgan fingerprint density at radius 1 is 1.38 bits per heavy atom. The highest BCUT2D eigenvalue weighted by atomic mass is 19.4. The van der Waals surface area contributed by atoms with Crippen LogP contribution in [0.2, 0.25) is 0 Å².